The fourth-order valence-corrected chi connectivity index (χ4v) is 6.65. The van der Waals surface area contributed by atoms with E-state index in [9.17, 15) is 23.2 Å². The van der Waals surface area contributed by atoms with E-state index in [1.54, 1.807) is 23.1 Å². The molecule has 0 aromatic heterocycles. The summed E-state index contributed by atoms with van der Waals surface area (Å²) in [5, 5.41) is 6.42. The summed E-state index contributed by atoms with van der Waals surface area (Å²) in [4.78, 5) is 47.3. The number of esters is 1. The first-order chi connectivity index (χ1) is 26.5. The molecule has 3 aromatic carbocycles. The van der Waals surface area contributed by atoms with Crippen LogP contribution in [-0.4, -0.2) is 104 Å². The lowest BCUT2D eigenvalue weighted by Gasteiger charge is -2.33. The van der Waals surface area contributed by atoms with Gasteiger partial charge in [-0.1, -0.05) is 44.7 Å². The van der Waals surface area contributed by atoms with Crippen molar-refractivity contribution < 1.29 is 27.9 Å². The first-order valence-electron chi connectivity index (χ1n) is 19.5. The number of likely N-dealkylation sites (N-methyl/N-ethyl adjacent to an activating group) is 1. The van der Waals surface area contributed by atoms with Crippen molar-refractivity contribution in [2.45, 2.75) is 78.5 Å². The number of piperazine rings is 1. The molecular formula is C44H57F2N5O4. The maximum Gasteiger partial charge on any atom is 0.320 e. The van der Waals surface area contributed by atoms with Crippen molar-refractivity contribution in [2.24, 2.45) is 0 Å². The average Bonchev–Trinajstić information content (AvgIpc) is 3.14. The van der Waals surface area contributed by atoms with Crippen LogP contribution < -0.4 is 10.6 Å². The van der Waals surface area contributed by atoms with E-state index in [1.165, 1.54) is 12.1 Å². The minimum atomic E-state index is -0.932. The molecule has 3 aromatic rings. The molecule has 0 bridgehead atoms. The fraction of sp³-hybridized carbons (Fsp3) is 0.477. The van der Waals surface area contributed by atoms with Crippen LogP contribution in [0.4, 0.5) is 8.78 Å². The summed E-state index contributed by atoms with van der Waals surface area (Å²) < 4.78 is 35.1. The molecule has 0 spiro atoms. The lowest BCUT2D eigenvalue weighted by atomic mass is 9.99. The third kappa shape index (κ3) is 14.2. The van der Waals surface area contributed by atoms with Crippen molar-refractivity contribution >= 4 is 17.8 Å². The number of hydrogen-bond donors (Lipinski definition) is 2. The van der Waals surface area contributed by atoms with Crippen molar-refractivity contribution in [3.05, 3.63) is 106 Å². The van der Waals surface area contributed by atoms with E-state index < -0.39 is 35.7 Å². The van der Waals surface area contributed by atoms with Gasteiger partial charge in [0.15, 0.2) is 0 Å². The number of nitrogens with one attached hydrogen (secondary N) is 2. The van der Waals surface area contributed by atoms with Gasteiger partial charge in [-0.3, -0.25) is 19.3 Å². The number of benzene rings is 3. The number of carbonyl (C=O) groups is 3. The molecule has 0 saturated carbocycles. The maximum atomic E-state index is 14.5. The molecule has 1 heterocycles. The molecule has 11 heteroatoms. The van der Waals surface area contributed by atoms with Crippen LogP contribution in [0.15, 0.2) is 60.7 Å². The first kappa shape index (κ1) is 43.1. The van der Waals surface area contributed by atoms with Crippen LogP contribution in [0, 0.1) is 30.4 Å². The number of nitrogens with zero attached hydrogens (tertiary/aromatic N) is 3. The zero-order chi connectivity index (χ0) is 39.7. The standard InChI is InChI=1S/C44H57F2N5O4/c1-6-9-10-12-33-13-11-14-34(23-33)29-47-30-41(55-42(52)31-50-19-17-49(5)18-20-50)40(26-35-24-38(45)28-39(46)25-35)48-43(53)36-21-32(4)22-37(27-36)44(54)51(15-7-2)16-8-3/h11,13-14,21-25,27-28,40-41,47H,6-9,15-20,26,29-31H2,1-5H3,(H,48,53). The second-order valence-electron chi connectivity index (χ2n) is 14.4. The van der Waals surface area contributed by atoms with Crippen LogP contribution in [0.1, 0.15) is 89.4 Å². The van der Waals surface area contributed by atoms with Crippen molar-refractivity contribution in [1.82, 2.24) is 25.3 Å². The molecule has 1 saturated heterocycles. The number of ether oxygens (including phenoxy) is 1. The van der Waals surface area contributed by atoms with Gasteiger partial charge < -0.3 is 25.2 Å². The third-order valence-electron chi connectivity index (χ3n) is 9.44. The molecule has 2 unspecified atom stereocenters. The smallest absolute Gasteiger partial charge is 0.320 e. The third-order valence-corrected chi connectivity index (χ3v) is 9.44. The van der Waals surface area contributed by atoms with E-state index >= 15 is 0 Å². The van der Waals surface area contributed by atoms with Gasteiger partial charge in [-0.25, -0.2) is 8.78 Å². The summed E-state index contributed by atoms with van der Waals surface area (Å²) in [7, 11) is 2.03. The molecule has 1 aliphatic rings. The summed E-state index contributed by atoms with van der Waals surface area (Å²) in [6.45, 7) is 12.8. The number of halogens is 2. The van der Waals surface area contributed by atoms with E-state index in [-0.39, 0.29) is 36.5 Å². The van der Waals surface area contributed by atoms with Gasteiger partial charge in [0.25, 0.3) is 11.8 Å². The second kappa shape index (κ2) is 22.1. The topological polar surface area (TPSA) is 94.2 Å². The second-order valence-corrected chi connectivity index (χ2v) is 14.4. The Hall–Kier alpha value is -4.63. The normalized spacial score (nSPS) is 14.4. The van der Waals surface area contributed by atoms with Crippen LogP contribution >= 0.6 is 0 Å². The Bertz CT molecular complexity index is 1770. The van der Waals surface area contributed by atoms with Crippen molar-refractivity contribution in [3.8, 4) is 11.8 Å². The Kier molecular flexibility index (Phi) is 17.3. The van der Waals surface area contributed by atoms with Gasteiger partial charge in [0.05, 0.1) is 12.6 Å². The quantitative estimate of drug-likeness (QED) is 0.122. The van der Waals surface area contributed by atoms with Crippen molar-refractivity contribution in [2.75, 3.05) is 59.4 Å². The molecule has 1 aliphatic heterocycles. The number of hydrogen-bond acceptors (Lipinski definition) is 7. The molecule has 0 radical (unpaired) electrons. The van der Waals surface area contributed by atoms with Gasteiger partial charge in [0.2, 0.25) is 0 Å². The molecule has 2 N–H and O–H groups in total. The summed E-state index contributed by atoms with van der Waals surface area (Å²) in [5.41, 5.74) is 3.53. The molecule has 2 amide bonds. The Morgan fingerprint density at radius 3 is 2.24 bits per heavy atom. The molecule has 2 atom stereocenters. The van der Waals surface area contributed by atoms with Crippen molar-refractivity contribution in [1.29, 1.82) is 0 Å². The van der Waals surface area contributed by atoms with Crippen LogP contribution in [0.3, 0.4) is 0 Å². The highest BCUT2D eigenvalue weighted by Crippen LogP contribution is 2.18. The highest BCUT2D eigenvalue weighted by Gasteiger charge is 2.30. The average molecular weight is 758 g/mol. The Labute approximate surface area is 325 Å². The number of amides is 2. The number of carbonyl (C=O) groups excluding carboxylic acids is 3. The highest BCUT2D eigenvalue weighted by molar-refractivity contribution is 6.00. The summed E-state index contributed by atoms with van der Waals surface area (Å²) in [6.07, 6.45) is 2.42. The molecule has 1 fully saturated rings. The molecule has 0 aliphatic carbocycles. The summed E-state index contributed by atoms with van der Waals surface area (Å²) in [6, 6.07) is 15.2. The van der Waals surface area contributed by atoms with Crippen LogP contribution in [-0.2, 0) is 22.5 Å². The number of rotatable bonds is 18. The lowest BCUT2D eigenvalue weighted by molar-refractivity contribution is -0.152. The van der Waals surface area contributed by atoms with Crippen LogP contribution in [0.25, 0.3) is 0 Å². The summed E-state index contributed by atoms with van der Waals surface area (Å²) in [5.74, 6) is 3.72. The Balaban J connectivity index is 1.64. The predicted molar refractivity (Wildman–Crippen MR) is 213 cm³/mol. The van der Waals surface area contributed by atoms with Gasteiger partial charge in [-0.2, -0.15) is 0 Å². The van der Waals surface area contributed by atoms with Gasteiger partial charge in [0.1, 0.15) is 17.7 Å². The van der Waals surface area contributed by atoms with Gasteiger partial charge >= 0.3 is 5.97 Å². The maximum absolute atomic E-state index is 14.5. The largest absolute Gasteiger partial charge is 0.458 e. The van der Waals surface area contributed by atoms with Crippen LogP contribution in [0.2, 0.25) is 0 Å². The minimum absolute atomic E-state index is 0.0323. The molecule has 55 heavy (non-hydrogen) atoms. The van der Waals surface area contributed by atoms with Gasteiger partial charge in [0, 0.05) is 81.5 Å². The molecule has 296 valence electrons. The van der Waals surface area contributed by atoms with Crippen LogP contribution in [0.5, 0.6) is 0 Å². The molecule has 9 nitrogen and oxygen atoms in total. The van der Waals surface area contributed by atoms with E-state index in [2.05, 4.69) is 34.3 Å². The molecular weight excluding hydrogens is 701 g/mol. The number of aryl methyl sites for hydroxylation is 1. The molecule has 4 rings (SSSR count). The summed E-state index contributed by atoms with van der Waals surface area (Å²) >= 11 is 0. The van der Waals surface area contributed by atoms with E-state index in [1.807, 2.05) is 57.0 Å². The zero-order valence-corrected chi connectivity index (χ0v) is 33.1. The van der Waals surface area contributed by atoms with E-state index in [0.29, 0.717) is 38.3 Å². The van der Waals surface area contributed by atoms with Gasteiger partial charge in [-0.05, 0) is 98.8 Å². The Morgan fingerprint density at radius 2 is 1.56 bits per heavy atom. The SMILES string of the molecule is CCCC#Cc1cccc(CNCC(OC(=O)CN2CCN(C)CC2)C(Cc2cc(F)cc(F)c2)NC(=O)c2cc(C)cc(C(=O)N(CCC)CCC)c2)c1. The zero-order valence-electron chi connectivity index (χ0n) is 33.1. The van der Waals surface area contributed by atoms with E-state index in [0.717, 1.165) is 61.5 Å². The minimum Gasteiger partial charge on any atom is -0.458 e. The van der Waals surface area contributed by atoms with Gasteiger partial charge in [-0.15, -0.1) is 0 Å². The van der Waals surface area contributed by atoms with Crippen molar-refractivity contribution in [3.63, 3.8) is 0 Å². The first-order valence-corrected chi connectivity index (χ1v) is 19.5. The lowest BCUT2D eigenvalue weighted by Crippen LogP contribution is -2.52. The Morgan fingerprint density at radius 1 is 0.873 bits per heavy atom. The fourth-order valence-electron chi connectivity index (χ4n) is 6.65. The monoisotopic (exact) mass is 757 g/mol. The number of unbranched alkanes of at least 4 members (excludes halogenated alkanes) is 1. The highest BCUT2D eigenvalue weighted by atomic mass is 19.1. The predicted octanol–water partition coefficient (Wildman–Crippen LogP) is 5.98. The van der Waals surface area contributed by atoms with E-state index in [4.69, 9.17) is 4.74 Å².